The molecule has 13 heteroatoms. The molecule has 0 fully saturated rings. The van der Waals surface area contributed by atoms with Crippen LogP contribution in [0.4, 0.5) is 0 Å². The molecule has 7 N–H and O–H groups in total. The smallest absolute Gasteiger partial charge is 0.368 e. The zero-order valence-electron chi connectivity index (χ0n) is 7.20. The van der Waals surface area contributed by atoms with Gasteiger partial charge in [0.15, 0.2) is 0 Å². The van der Waals surface area contributed by atoms with Crippen molar-refractivity contribution in [3.63, 3.8) is 0 Å². The molecule has 92 valence electrons. The quantitative estimate of drug-likeness (QED) is 0.298. The molecular formula is C2H10O10P3+. The van der Waals surface area contributed by atoms with E-state index in [1.165, 1.54) is 0 Å². The van der Waals surface area contributed by atoms with Crippen molar-refractivity contribution in [3.8, 4) is 0 Å². The third-order valence-electron chi connectivity index (χ3n) is 1.10. The Balaban J connectivity index is 0. The van der Waals surface area contributed by atoms with Gasteiger partial charge in [-0.25, -0.2) is 0 Å². The fraction of sp³-hybridized carbons (Fsp3) is 1.00. The van der Waals surface area contributed by atoms with Crippen LogP contribution < -0.4 is 0 Å². The molecule has 0 aliphatic carbocycles. The molecule has 0 spiro atoms. The molecule has 15 heavy (non-hydrogen) atoms. The predicted octanol–water partition coefficient (Wildman–Crippen LogP) is -1.36. The van der Waals surface area contributed by atoms with Crippen molar-refractivity contribution in [2.45, 2.75) is 12.0 Å². The van der Waals surface area contributed by atoms with Gasteiger partial charge in [-0.15, -0.1) is 9.79 Å². The number of rotatable bonds is 2. The van der Waals surface area contributed by atoms with Gasteiger partial charge < -0.3 is 24.7 Å². The van der Waals surface area contributed by atoms with Gasteiger partial charge >= 0.3 is 23.4 Å². The van der Waals surface area contributed by atoms with E-state index in [0.29, 0.717) is 6.92 Å². The molecule has 0 heterocycles. The molecule has 0 atom stereocenters. The van der Waals surface area contributed by atoms with Crippen LogP contribution >= 0.6 is 23.4 Å². The van der Waals surface area contributed by atoms with E-state index in [0.717, 1.165) is 0 Å². The molecule has 0 rings (SSSR count). The Hall–Kier alpha value is 0.280. The molecule has 0 aliphatic heterocycles. The van der Waals surface area contributed by atoms with E-state index < -0.39 is 28.5 Å². The van der Waals surface area contributed by atoms with Gasteiger partial charge in [0, 0.05) is 4.57 Å². The minimum atomic E-state index is -5.20. The standard InChI is InChI=1S/C2H8O7P2.HO3P/c1-2(3,10(4,5)6)11(7,8)9;1-4(2)3/h3H,1H3,(H2,4,5,6)(H2,7,8,9);(H-,1,2,3)/p+1. The summed E-state index contributed by atoms with van der Waals surface area (Å²) in [5, 5.41) is 5.37. The van der Waals surface area contributed by atoms with E-state index in [1.807, 2.05) is 0 Å². The van der Waals surface area contributed by atoms with Gasteiger partial charge in [0.1, 0.15) is 0 Å². The maximum atomic E-state index is 10.3. The Morgan fingerprint density at radius 3 is 1.13 bits per heavy atom. The normalized spacial score (nSPS) is 12.8. The minimum absolute atomic E-state index is 0.383. The van der Waals surface area contributed by atoms with Crippen LogP contribution in [-0.2, 0) is 13.7 Å². The van der Waals surface area contributed by atoms with Crippen LogP contribution in [0.1, 0.15) is 6.92 Å². The van der Waals surface area contributed by atoms with Gasteiger partial charge in [-0.05, 0) is 6.92 Å². The summed E-state index contributed by atoms with van der Waals surface area (Å²) < 4.78 is 29.2. The molecule has 0 amide bonds. The number of hydrogen-bond acceptors (Lipinski definition) is 4. The fourth-order valence-electron chi connectivity index (χ4n) is 0.170. The Morgan fingerprint density at radius 2 is 1.13 bits per heavy atom. The number of hydrogen-bond donors (Lipinski definition) is 7. The van der Waals surface area contributed by atoms with Crippen LogP contribution in [-0.4, -0.2) is 39.6 Å². The van der Waals surface area contributed by atoms with E-state index in [-0.39, 0.29) is 0 Å². The highest BCUT2D eigenvalue weighted by Crippen LogP contribution is 2.66. The van der Waals surface area contributed by atoms with E-state index in [9.17, 15) is 9.13 Å². The molecule has 0 unspecified atom stereocenters. The van der Waals surface area contributed by atoms with E-state index >= 15 is 0 Å². The van der Waals surface area contributed by atoms with Crippen LogP contribution in [0, 0.1) is 0 Å². The molecule has 0 aromatic heterocycles. The van der Waals surface area contributed by atoms with Gasteiger partial charge in [0.2, 0.25) is 0 Å². The molecule has 0 saturated heterocycles. The molecule has 0 saturated carbocycles. The molecule has 0 aromatic carbocycles. The van der Waals surface area contributed by atoms with Crippen LogP contribution in [0.5, 0.6) is 0 Å². The SMILES string of the molecule is CC(O)(P(=O)(O)O)P(=O)(O)O.O=[P+](O)O. The summed E-state index contributed by atoms with van der Waals surface area (Å²) in [6.07, 6.45) is 0. The first-order valence-electron chi connectivity index (χ1n) is 2.92. The van der Waals surface area contributed by atoms with Crippen LogP contribution in [0.15, 0.2) is 0 Å². The lowest BCUT2D eigenvalue weighted by Gasteiger charge is -2.24. The summed E-state index contributed by atoms with van der Waals surface area (Å²) in [5.74, 6) is 0. The molecule has 10 nitrogen and oxygen atoms in total. The highest BCUT2D eigenvalue weighted by atomic mass is 31.2. The van der Waals surface area contributed by atoms with Gasteiger partial charge in [0.05, 0.1) is 0 Å². The van der Waals surface area contributed by atoms with Gasteiger partial charge in [0.25, 0.3) is 5.08 Å². The maximum Gasteiger partial charge on any atom is 0.692 e. The monoisotopic (exact) mass is 287 g/mol. The molecule has 0 aromatic rings. The molecular weight excluding hydrogens is 277 g/mol. The summed E-state index contributed by atoms with van der Waals surface area (Å²) in [5.41, 5.74) is 0. The average molecular weight is 287 g/mol. The lowest BCUT2D eigenvalue weighted by molar-refractivity contribution is 0.146. The van der Waals surface area contributed by atoms with Crippen molar-refractivity contribution < 1.29 is 48.2 Å². The van der Waals surface area contributed by atoms with E-state index in [2.05, 4.69) is 0 Å². The van der Waals surface area contributed by atoms with Crippen LogP contribution in [0.25, 0.3) is 0 Å². The Morgan fingerprint density at radius 1 is 1.00 bits per heavy atom. The number of aliphatic hydroxyl groups is 1. The maximum absolute atomic E-state index is 10.3. The first-order chi connectivity index (χ1) is 6.23. The first-order valence-corrected chi connectivity index (χ1v) is 7.31. The first kappa shape index (κ1) is 17.7. The van der Waals surface area contributed by atoms with Crippen LogP contribution in [0.3, 0.4) is 0 Å². The predicted molar refractivity (Wildman–Crippen MR) is 46.8 cm³/mol. The summed E-state index contributed by atoms with van der Waals surface area (Å²) >= 11 is 0. The van der Waals surface area contributed by atoms with Crippen molar-refractivity contribution in [1.29, 1.82) is 0 Å². The van der Waals surface area contributed by atoms with Gasteiger partial charge in [-0.1, -0.05) is 0 Å². The van der Waals surface area contributed by atoms with E-state index in [4.69, 9.17) is 39.0 Å². The van der Waals surface area contributed by atoms with Gasteiger partial charge in [-0.2, -0.15) is 0 Å². The van der Waals surface area contributed by atoms with Crippen molar-refractivity contribution in [2.24, 2.45) is 0 Å². The lowest BCUT2D eigenvalue weighted by atomic mass is 10.9. The van der Waals surface area contributed by atoms with Crippen molar-refractivity contribution >= 4 is 23.4 Å². The zero-order chi connectivity index (χ0) is 13.1. The topological polar surface area (TPSA) is 193 Å². The summed E-state index contributed by atoms with van der Waals surface area (Å²) in [4.78, 5) is 47.2. The second-order valence-electron chi connectivity index (χ2n) is 2.31. The second-order valence-corrected chi connectivity index (χ2v) is 7.09. The minimum Gasteiger partial charge on any atom is -0.368 e. The lowest BCUT2D eigenvalue weighted by Crippen LogP contribution is -2.23. The van der Waals surface area contributed by atoms with E-state index in [1.54, 1.807) is 0 Å². The summed E-state index contributed by atoms with van der Waals surface area (Å²) in [7, 11) is -13.3. The van der Waals surface area contributed by atoms with Gasteiger partial charge in [-0.3, -0.25) is 9.13 Å². The Bertz CT molecular complexity index is 279. The van der Waals surface area contributed by atoms with Crippen molar-refractivity contribution in [1.82, 2.24) is 0 Å². The Labute approximate surface area is 84.5 Å². The molecule has 0 aliphatic rings. The summed E-state index contributed by atoms with van der Waals surface area (Å²) in [6.45, 7) is 0.383. The second kappa shape index (κ2) is 5.56. The summed E-state index contributed by atoms with van der Waals surface area (Å²) in [6, 6.07) is 0. The highest BCUT2D eigenvalue weighted by Gasteiger charge is 2.55. The van der Waals surface area contributed by atoms with Crippen LogP contribution in [0.2, 0.25) is 0 Å². The fourth-order valence-corrected chi connectivity index (χ4v) is 1.53. The molecule has 0 bridgehead atoms. The zero-order valence-corrected chi connectivity index (χ0v) is 9.88. The molecule has 0 radical (unpaired) electrons. The third kappa shape index (κ3) is 6.44. The van der Waals surface area contributed by atoms with Crippen molar-refractivity contribution in [2.75, 3.05) is 0 Å². The average Bonchev–Trinajstić information content (AvgIpc) is 1.79. The van der Waals surface area contributed by atoms with Crippen molar-refractivity contribution in [3.05, 3.63) is 0 Å². The highest BCUT2D eigenvalue weighted by molar-refractivity contribution is 7.71. The largest absolute Gasteiger partial charge is 0.692 e. The Kier molecular flexibility index (Phi) is 6.55. The third-order valence-corrected chi connectivity index (χ3v) is 4.87.